The first-order chi connectivity index (χ1) is 16.4. The summed E-state index contributed by atoms with van der Waals surface area (Å²) in [5, 5.41) is 23.6. The molecule has 11 nitrogen and oxygen atoms in total. The Hall–Kier alpha value is -3.77. The minimum Gasteiger partial charge on any atom is -0.478 e. The van der Waals surface area contributed by atoms with Gasteiger partial charge in [0, 0.05) is 38.0 Å². The summed E-state index contributed by atoms with van der Waals surface area (Å²) in [6.45, 7) is 3.37. The molecule has 0 saturated carbocycles. The fourth-order valence-electron chi connectivity index (χ4n) is 3.91. The number of allylic oxidation sites excluding steroid dienone is 1. The van der Waals surface area contributed by atoms with Gasteiger partial charge in [0.15, 0.2) is 0 Å². The molecule has 0 fully saturated rings. The van der Waals surface area contributed by atoms with E-state index >= 15 is 0 Å². The van der Waals surface area contributed by atoms with Gasteiger partial charge in [-0.2, -0.15) is 0 Å². The van der Waals surface area contributed by atoms with Crippen molar-refractivity contribution in [2.75, 3.05) is 20.1 Å². The molecular weight excluding hydrogens is 476 g/mol. The summed E-state index contributed by atoms with van der Waals surface area (Å²) in [5.74, 6) is -1.27. The molecule has 2 aromatic rings. The fraction of sp³-hybridized carbons (Fsp3) is 0.304. The number of nitro benzene ring substituents is 1. The molecule has 0 aliphatic carbocycles. The van der Waals surface area contributed by atoms with Crippen LogP contribution >= 0.6 is 0 Å². The third-order valence-corrected chi connectivity index (χ3v) is 7.64. The zero-order valence-corrected chi connectivity index (χ0v) is 20.3. The smallest absolute Gasteiger partial charge is 0.335 e. The van der Waals surface area contributed by atoms with Gasteiger partial charge < -0.3 is 15.3 Å². The third-order valence-electron chi connectivity index (χ3n) is 5.77. The van der Waals surface area contributed by atoms with E-state index in [-0.39, 0.29) is 46.9 Å². The lowest BCUT2D eigenvalue weighted by molar-refractivity contribution is -0.384. The number of rotatable bonds is 9. The number of aryl methyl sites for hydroxylation is 1. The fourth-order valence-corrected chi connectivity index (χ4v) is 5.12. The van der Waals surface area contributed by atoms with Crippen LogP contribution in [0.4, 0.5) is 10.5 Å². The van der Waals surface area contributed by atoms with Crippen LogP contribution in [0.5, 0.6) is 0 Å². The second-order valence-electron chi connectivity index (χ2n) is 8.22. The molecule has 2 N–H and O–H groups in total. The maximum Gasteiger partial charge on any atom is 0.335 e. The van der Waals surface area contributed by atoms with Gasteiger partial charge in [0.05, 0.1) is 21.4 Å². The number of carboxylic acid groups (broad SMARTS) is 1. The Balaban J connectivity index is 1.85. The molecule has 3 rings (SSSR count). The zero-order chi connectivity index (χ0) is 25.9. The molecule has 0 aromatic heterocycles. The highest BCUT2D eigenvalue weighted by Gasteiger charge is 2.38. The maximum atomic E-state index is 12.8. The number of carboxylic acids is 1. The molecular formula is C23H26N4O7S. The minimum absolute atomic E-state index is 0.0109. The van der Waals surface area contributed by atoms with Crippen LogP contribution in [0.1, 0.15) is 30.5 Å². The van der Waals surface area contributed by atoms with Crippen molar-refractivity contribution in [2.45, 2.75) is 31.2 Å². The van der Waals surface area contributed by atoms with Crippen molar-refractivity contribution in [3.05, 3.63) is 81.0 Å². The van der Waals surface area contributed by atoms with E-state index in [1.165, 1.54) is 59.6 Å². The van der Waals surface area contributed by atoms with Crippen molar-refractivity contribution in [2.24, 2.45) is 0 Å². The maximum absolute atomic E-state index is 12.8. The first-order valence-corrected chi connectivity index (χ1v) is 12.2. The van der Waals surface area contributed by atoms with E-state index in [0.29, 0.717) is 0 Å². The zero-order valence-electron chi connectivity index (χ0n) is 19.5. The molecule has 12 heteroatoms. The number of non-ortho nitro benzene ring substituents is 1. The molecule has 186 valence electrons. The highest BCUT2D eigenvalue weighted by Crippen LogP contribution is 2.35. The Morgan fingerprint density at radius 1 is 1.20 bits per heavy atom. The normalized spacial score (nSPS) is 16.4. The molecule has 1 aliphatic rings. The third kappa shape index (κ3) is 5.49. The van der Waals surface area contributed by atoms with Crippen molar-refractivity contribution in [3.8, 4) is 0 Å². The van der Waals surface area contributed by atoms with Crippen molar-refractivity contribution < 1.29 is 28.0 Å². The predicted molar refractivity (Wildman–Crippen MR) is 127 cm³/mol. The quantitative estimate of drug-likeness (QED) is 0.395. The Kier molecular flexibility index (Phi) is 7.56. The number of urea groups is 1. The van der Waals surface area contributed by atoms with Gasteiger partial charge in [-0.05, 0) is 38.0 Å². The van der Waals surface area contributed by atoms with E-state index in [1.54, 1.807) is 12.1 Å². The van der Waals surface area contributed by atoms with Gasteiger partial charge in [-0.15, -0.1) is 0 Å². The highest BCUT2D eigenvalue weighted by atomic mass is 32.2. The standard InChI is InChI=1S/C23H26N4O7S/c1-15-8-10-19(11-9-15)35(33,34)25(3)12-5-13-26-21(17-6-4-7-18(14-17)27(31)32)20(22(28)29)16(2)24-23(26)30/h4,6-11,14,21H,5,12-13H2,1-3H3,(H,24,30)(H,28,29). The summed E-state index contributed by atoms with van der Waals surface area (Å²) in [4.78, 5) is 36.9. The van der Waals surface area contributed by atoms with Crippen LogP contribution in [0.2, 0.25) is 0 Å². The first-order valence-electron chi connectivity index (χ1n) is 10.7. The molecule has 0 bridgehead atoms. The Bertz CT molecular complexity index is 1290. The SMILES string of the molecule is CC1=C(C(=O)O)C(c2cccc([N+](=O)[O-])c2)N(CCCN(C)S(=O)(=O)c2ccc(C)cc2)C(=O)N1. The van der Waals surface area contributed by atoms with E-state index in [1.807, 2.05) is 6.92 Å². The molecule has 1 heterocycles. The number of hydrogen-bond acceptors (Lipinski definition) is 6. The molecule has 1 aliphatic heterocycles. The summed E-state index contributed by atoms with van der Waals surface area (Å²) in [7, 11) is -2.32. The van der Waals surface area contributed by atoms with Crippen molar-refractivity contribution in [1.82, 2.24) is 14.5 Å². The Morgan fingerprint density at radius 2 is 1.86 bits per heavy atom. The van der Waals surface area contributed by atoms with Crippen LogP contribution in [-0.2, 0) is 14.8 Å². The number of sulfonamides is 1. The van der Waals surface area contributed by atoms with Crippen molar-refractivity contribution in [1.29, 1.82) is 0 Å². The molecule has 1 unspecified atom stereocenters. The number of carbonyl (C=O) groups excluding carboxylic acids is 1. The van der Waals surface area contributed by atoms with Crippen molar-refractivity contribution >= 4 is 27.7 Å². The molecule has 0 saturated heterocycles. The predicted octanol–water partition coefficient (Wildman–Crippen LogP) is 3.04. The lowest BCUT2D eigenvalue weighted by Gasteiger charge is -2.37. The topological polar surface area (TPSA) is 150 Å². The van der Waals surface area contributed by atoms with Gasteiger partial charge >= 0.3 is 12.0 Å². The lowest BCUT2D eigenvalue weighted by atomic mass is 9.93. The summed E-state index contributed by atoms with van der Waals surface area (Å²) >= 11 is 0. The van der Waals surface area contributed by atoms with E-state index in [9.17, 15) is 33.2 Å². The number of benzene rings is 2. The molecule has 2 amide bonds. The summed E-state index contributed by atoms with van der Waals surface area (Å²) in [5.41, 5.74) is 0.971. The van der Waals surface area contributed by atoms with E-state index in [2.05, 4.69) is 5.32 Å². The number of aliphatic carboxylic acids is 1. The highest BCUT2D eigenvalue weighted by molar-refractivity contribution is 7.89. The summed E-state index contributed by atoms with van der Waals surface area (Å²) in [6, 6.07) is 10.2. The van der Waals surface area contributed by atoms with Crippen LogP contribution in [0, 0.1) is 17.0 Å². The van der Waals surface area contributed by atoms with Crippen molar-refractivity contribution in [3.63, 3.8) is 0 Å². The number of nitrogens with one attached hydrogen (secondary N) is 1. The monoisotopic (exact) mass is 502 g/mol. The van der Waals surface area contributed by atoms with E-state index in [0.717, 1.165) is 5.56 Å². The summed E-state index contributed by atoms with van der Waals surface area (Å²) in [6.07, 6.45) is 0.201. The largest absolute Gasteiger partial charge is 0.478 e. The summed E-state index contributed by atoms with van der Waals surface area (Å²) < 4.78 is 26.9. The van der Waals surface area contributed by atoms with Crippen LogP contribution in [0.15, 0.2) is 64.7 Å². The Morgan fingerprint density at radius 3 is 2.46 bits per heavy atom. The average Bonchev–Trinajstić information content (AvgIpc) is 2.80. The second-order valence-corrected chi connectivity index (χ2v) is 10.3. The van der Waals surface area contributed by atoms with Gasteiger partial charge in [0.25, 0.3) is 5.69 Å². The van der Waals surface area contributed by atoms with Gasteiger partial charge in [0.1, 0.15) is 0 Å². The minimum atomic E-state index is -3.75. The molecule has 0 radical (unpaired) electrons. The van der Waals surface area contributed by atoms with E-state index < -0.39 is 33.0 Å². The molecule has 35 heavy (non-hydrogen) atoms. The average molecular weight is 503 g/mol. The lowest BCUT2D eigenvalue weighted by Crippen LogP contribution is -2.49. The number of nitrogens with zero attached hydrogens (tertiary/aromatic N) is 3. The number of carbonyl (C=O) groups is 2. The number of nitro groups is 1. The van der Waals surface area contributed by atoms with Gasteiger partial charge in [-0.25, -0.2) is 22.3 Å². The van der Waals surface area contributed by atoms with Gasteiger partial charge in [-0.3, -0.25) is 10.1 Å². The van der Waals surface area contributed by atoms with Crippen LogP contribution in [-0.4, -0.2) is 59.8 Å². The van der Waals surface area contributed by atoms with Crippen LogP contribution < -0.4 is 5.32 Å². The first kappa shape index (κ1) is 25.8. The molecule has 1 atom stereocenters. The van der Waals surface area contributed by atoms with Crippen LogP contribution in [0.3, 0.4) is 0 Å². The van der Waals surface area contributed by atoms with Crippen LogP contribution in [0.25, 0.3) is 0 Å². The molecule has 2 aromatic carbocycles. The van der Waals surface area contributed by atoms with Gasteiger partial charge in [-0.1, -0.05) is 29.8 Å². The molecule has 0 spiro atoms. The number of hydrogen-bond donors (Lipinski definition) is 2. The van der Waals surface area contributed by atoms with Gasteiger partial charge in [0.2, 0.25) is 10.0 Å². The Labute approximate surface area is 202 Å². The number of amides is 2. The van der Waals surface area contributed by atoms with E-state index in [4.69, 9.17) is 0 Å². The second kappa shape index (κ2) is 10.2.